The van der Waals surface area contributed by atoms with Crippen molar-refractivity contribution in [2.45, 2.75) is 26.2 Å². The summed E-state index contributed by atoms with van der Waals surface area (Å²) in [7, 11) is 1.57. The van der Waals surface area contributed by atoms with Gasteiger partial charge < -0.3 is 14.7 Å². The molecule has 1 aliphatic heterocycles. The number of carbonyl (C=O) groups excluding carboxylic acids is 1. The molecule has 5 nitrogen and oxygen atoms in total. The third-order valence-electron chi connectivity index (χ3n) is 4.16. The van der Waals surface area contributed by atoms with Gasteiger partial charge in [-0.15, -0.1) is 0 Å². The number of carbonyl (C=O) groups is 2. The molecule has 21 heavy (non-hydrogen) atoms. The number of carboxylic acids is 1. The van der Waals surface area contributed by atoms with Gasteiger partial charge in [0, 0.05) is 18.7 Å². The Morgan fingerprint density at radius 1 is 1.33 bits per heavy atom. The van der Waals surface area contributed by atoms with E-state index >= 15 is 0 Å². The zero-order chi connectivity index (χ0) is 15.5. The lowest BCUT2D eigenvalue weighted by atomic mass is 9.83. The summed E-state index contributed by atoms with van der Waals surface area (Å²) < 4.78 is 5.07. The molecule has 1 amide bonds. The van der Waals surface area contributed by atoms with Gasteiger partial charge in [0.25, 0.3) is 5.91 Å². The molecule has 1 N–H and O–H groups in total. The number of aliphatic carboxylic acids is 1. The summed E-state index contributed by atoms with van der Waals surface area (Å²) in [5.41, 5.74) is -0.217. The molecule has 1 fully saturated rings. The number of benzene rings is 1. The number of rotatable bonds is 5. The van der Waals surface area contributed by atoms with E-state index in [0.717, 1.165) is 6.42 Å². The Morgan fingerprint density at radius 3 is 2.52 bits per heavy atom. The first-order chi connectivity index (χ1) is 10.0. The van der Waals surface area contributed by atoms with Crippen LogP contribution in [0.25, 0.3) is 0 Å². The molecule has 1 aromatic rings. The molecule has 1 unspecified atom stereocenters. The van der Waals surface area contributed by atoms with Gasteiger partial charge in [-0.1, -0.05) is 13.3 Å². The maximum atomic E-state index is 12.5. The number of hydrogen-bond acceptors (Lipinski definition) is 3. The Morgan fingerprint density at radius 2 is 2.00 bits per heavy atom. The fraction of sp³-hybridized carbons (Fsp3) is 0.500. The largest absolute Gasteiger partial charge is 0.497 e. The lowest BCUT2D eigenvalue weighted by molar-refractivity contribution is -0.148. The van der Waals surface area contributed by atoms with Crippen LogP contribution in [0, 0.1) is 5.41 Å². The number of carboxylic acid groups (broad SMARTS) is 1. The molecule has 1 saturated heterocycles. The van der Waals surface area contributed by atoms with E-state index in [9.17, 15) is 14.7 Å². The lowest BCUT2D eigenvalue weighted by Gasteiger charge is -2.24. The maximum Gasteiger partial charge on any atom is 0.311 e. The van der Waals surface area contributed by atoms with E-state index in [4.69, 9.17) is 4.74 Å². The maximum absolute atomic E-state index is 12.5. The highest BCUT2D eigenvalue weighted by molar-refractivity contribution is 5.95. The lowest BCUT2D eigenvalue weighted by Crippen LogP contribution is -2.36. The van der Waals surface area contributed by atoms with Crippen LogP contribution < -0.4 is 4.74 Å². The molecule has 0 spiro atoms. The molecule has 0 bridgehead atoms. The second kappa shape index (κ2) is 6.16. The van der Waals surface area contributed by atoms with Crippen LogP contribution in [0.5, 0.6) is 5.75 Å². The van der Waals surface area contributed by atoms with Gasteiger partial charge in [0.05, 0.1) is 12.5 Å². The van der Waals surface area contributed by atoms with Crippen LogP contribution in [0.3, 0.4) is 0 Å². The van der Waals surface area contributed by atoms with Crippen LogP contribution in [0.4, 0.5) is 0 Å². The van der Waals surface area contributed by atoms with E-state index in [0.29, 0.717) is 37.2 Å². The van der Waals surface area contributed by atoms with Gasteiger partial charge >= 0.3 is 5.97 Å². The van der Waals surface area contributed by atoms with Crippen molar-refractivity contribution in [1.29, 1.82) is 0 Å². The average Bonchev–Trinajstić information content (AvgIpc) is 2.93. The summed E-state index contributed by atoms with van der Waals surface area (Å²) in [6.45, 7) is 2.76. The van der Waals surface area contributed by atoms with Crippen molar-refractivity contribution in [2.24, 2.45) is 5.41 Å². The predicted octanol–water partition coefficient (Wildman–Crippen LogP) is 2.41. The van der Waals surface area contributed by atoms with E-state index in [1.165, 1.54) is 0 Å². The molecular weight excluding hydrogens is 270 g/mol. The Kier molecular flexibility index (Phi) is 4.50. The van der Waals surface area contributed by atoms with Crippen molar-refractivity contribution >= 4 is 11.9 Å². The third-order valence-corrected chi connectivity index (χ3v) is 4.16. The summed E-state index contributed by atoms with van der Waals surface area (Å²) in [5.74, 6) is -0.218. The topological polar surface area (TPSA) is 66.8 Å². The van der Waals surface area contributed by atoms with Crippen molar-refractivity contribution < 1.29 is 19.4 Å². The Balaban J connectivity index is 2.12. The van der Waals surface area contributed by atoms with E-state index in [1.54, 1.807) is 36.3 Å². The van der Waals surface area contributed by atoms with Crippen molar-refractivity contribution in [2.75, 3.05) is 20.2 Å². The molecule has 2 rings (SSSR count). The minimum atomic E-state index is -0.797. The van der Waals surface area contributed by atoms with Crippen LogP contribution in [-0.4, -0.2) is 42.1 Å². The number of nitrogens with zero attached hydrogens (tertiary/aromatic N) is 1. The second-order valence-electron chi connectivity index (χ2n) is 5.54. The highest BCUT2D eigenvalue weighted by atomic mass is 16.5. The molecule has 114 valence electrons. The van der Waals surface area contributed by atoms with E-state index in [1.807, 2.05) is 6.92 Å². The van der Waals surface area contributed by atoms with Crippen LogP contribution in [0.2, 0.25) is 0 Å². The number of ether oxygens (including phenoxy) is 1. The van der Waals surface area contributed by atoms with Gasteiger partial charge in [0.2, 0.25) is 0 Å². The minimum absolute atomic E-state index is 0.114. The van der Waals surface area contributed by atoms with Crippen LogP contribution in [0.1, 0.15) is 36.5 Å². The van der Waals surface area contributed by atoms with Gasteiger partial charge in [-0.3, -0.25) is 9.59 Å². The first-order valence-electron chi connectivity index (χ1n) is 7.19. The Bertz CT molecular complexity index is 526. The van der Waals surface area contributed by atoms with Crippen molar-refractivity contribution in [1.82, 2.24) is 4.90 Å². The normalized spacial score (nSPS) is 21.3. The monoisotopic (exact) mass is 291 g/mol. The van der Waals surface area contributed by atoms with Gasteiger partial charge in [0.1, 0.15) is 5.75 Å². The fourth-order valence-corrected chi connectivity index (χ4v) is 2.93. The van der Waals surface area contributed by atoms with Crippen LogP contribution in [-0.2, 0) is 4.79 Å². The molecule has 0 radical (unpaired) electrons. The van der Waals surface area contributed by atoms with Gasteiger partial charge in [-0.2, -0.15) is 0 Å². The van der Waals surface area contributed by atoms with Gasteiger partial charge in [0.15, 0.2) is 0 Å². The fourth-order valence-electron chi connectivity index (χ4n) is 2.93. The number of amides is 1. The smallest absolute Gasteiger partial charge is 0.311 e. The standard InChI is InChI=1S/C16H21NO4/c1-3-8-16(15(19)20)9-10-17(11-16)14(18)12-4-6-13(21-2)7-5-12/h4-7H,3,8-11H2,1-2H3,(H,19,20). The first-order valence-corrected chi connectivity index (χ1v) is 7.19. The van der Waals surface area contributed by atoms with Crippen molar-refractivity contribution in [3.8, 4) is 5.75 Å². The second-order valence-corrected chi connectivity index (χ2v) is 5.54. The summed E-state index contributed by atoms with van der Waals surface area (Å²) in [5, 5.41) is 9.48. The summed E-state index contributed by atoms with van der Waals surface area (Å²) in [4.78, 5) is 25.6. The predicted molar refractivity (Wildman–Crippen MR) is 78.5 cm³/mol. The molecule has 1 heterocycles. The quantitative estimate of drug-likeness (QED) is 0.904. The SMILES string of the molecule is CCCC1(C(=O)O)CCN(C(=O)c2ccc(OC)cc2)C1. The van der Waals surface area contributed by atoms with E-state index < -0.39 is 11.4 Å². The molecule has 1 atom stereocenters. The summed E-state index contributed by atoms with van der Waals surface area (Å²) >= 11 is 0. The minimum Gasteiger partial charge on any atom is -0.497 e. The van der Waals surface area contributed by atoms with E-state index in [2.05, 4.69) is 0 Å². The van der Waals surface area contributed by atoms with Crippen molar-refractivity contribution in [3.05, 3.63) is 29.8 Å². The highest BCUT2D eigenvalue weighted by Gasteiger charge is 2.45. The van der Waals surface area contributed by atoms with Gasteiger partial charge in [-0.05, 0) is 37.1 Å². The Labute approximate surface area is 124 Å². The number of likely N-dealkylation sites (tertiary alicyclic amines) is 1. The number of methoxy groups -OCH3 is 1. The molecule has 0 aromatic heterocycles. The molecule has 5 heteroatoms. The number of hydrogen-bond donors (Lipinski definition) is 1. The molecule has 0 aliphatic carbocycles. The van der Waals surface area contributed by atoms with Crippen molar-refractivity contribution in [3.63, 3.8) is 0 Å². The summed E-state index contributed by atoms with van der Waals surface area (Å²) in [6.07, 6.45) is 1.93. The zero-order valence-corrected chi connectivity index (χ0v) is 12.5. The molecule has 1 aliphatic rings. The molecule has 1 aromatic carbocycles. The zero-order valence-electron chi connectivity index (χ0n) is 12.5. The highest BCUT2D eigenvalue weighted by Crippen LogP contribution is 2.36. The van der Waals surface area contributed by atoms with Crippen LogP contribution >= 0.6 is 0 Å². The molecular formula is C16H21NO4. The van der Waals surface area contributed by atoms with E-state index in [-0.39, 0.29) is 5.91 Å². The Hall–Kier alpha value is -2.04. The average molecular weight is 291 g/mol. The van der Waals surface area contributed by atoms with Crippen LogP contribution in [0.15, 0.2) is 24.3 Å². The molecule has 0 saturated carbocycles. The first kappa shape index (κ1) is 15.4. The summed E-state index contributed by atoms with van der Waals surface area (Å²) in [6, 6.07) is 6.89. The van der Waals surface area contributed by atoms with Gasteiger partial charge in [-0.25, -0.2) is 0 Å². The third kappa shape index (κ3) is 3.01.